The highest BCUT2D eigenvalue weighted by molar-refractivity contribution is 5.86. The van der Waals surface area contributed by atoms with Gasteiger partial charge in [-0.3, -0.25) is 9.63 Å². The van der Waals surface area contributed by atoms with Crippen molar-refractivity contribution >= 4 is 12.0 Å². The Bertz CT molecular complexity index is 463. The molecular weight excluding hydrogens is 248 g/mol. The molecule has 1 aliphatic heterocycles. The summed E-state index contributed by atoms with van der Waals surface area (Å²) in [5.41, 5.74) is 0.944. The van der Waals surface area contributed by atoms with Gasteiger partial charge in [-0.15, -0.1) is 0 Å². The molecule has 2 unspecified atom stereocenters. The van der Waals surface area contributed by atoms with Crippen molar-refractivity contribution in [1.82, 2.24) is 10.4 Å². The first-order valence-electron chi connectivity index (χ1n) is 6.03. The van der Waals surface area contributed by atoms with E-state index in [1.807, 2.05) is 30.3 Å². The quantitative estimate of drug-likeness (QED) is 0.822. The van der Waals surface area contributed by atoms with Crippen LogP contribution in [-0.4, -0.2) is 29.7 Å². The molecule has 1 fully saturated rings. The van der Waals surface area contributed by atoms with Crippen LogP contribution in [0.5, 0.6) is 0 Å². The van der Waals surface area contributed by atoms with Crippen LogP contribution in [0.25, 0.3) is 0 Å². The molecule has 6 nitrogen and oxygen atoms in total. The van der Waals surface area contributed by atoms with Crippen LogP contribution >= 0.6 is 0 Å². The lowest BCUT2D eigenvalue weighted by Crippen LogP contribution is -2.48. The zero-order valence-electron chi connectivity index (χ0n) is 10.5. The molecule has 1 aromatic rings. The van der Waals surface area contributed by atoms with Gasteiger partial charge in [-0.1, -0.05) is 37.3 Å². The summed E-state index contributed by atoms with van der Waals surface area (Å²) >= 11 is 0. The molecule has 1 aliphatic rings. The third-order valence-corrected chi connectivity index (χ3v) is 3.04. The van der Waals surface area contributed by atoms with Gasteiger partial charge in [0.05, 0.1) is 6.54 Å². The number of carbonyl (C=O) groups is 2. The highest BCUT2D eigenvalue weighted by atomic mass is 16.7. The van der Waals surface area contributed by atoms with Gasteiger partial charge in [0.15, 0.2) is 0 Å². The molecule has 1 saturated heterocycles. The summed E-state index contributed by atoms with van der Waals surface area (Å²) in [5, 5.41) is 13.8. The summed E-state index contributed by atoms with van der Waals surface area (Å²) in [6.45, 7) is 2.42. The lowest BCUT2D eigenvalue weighted by Gasteiger charge is -2.17. The molecule has 1 aromatic carbocycles. The Morgan fingerprint density at radius 1 is 1.47 bits per heavy atom. The maximum atomic E-state index is 11.9. The molecule has 2 amide bonds. The van der Waals surface area contributed by atoms with E-state index in [4.69, 9.17) is 4.84 Å². The second kappa shape index (κ2) is 5.71. The standard InChI is InChI=1S/C13H16N2O4/c1-9-7-15(12(16)11(9)14-13(17)18)19-8-10-5-3-2-4-6-10/h2-6,9,11,14H,7-8H2,1H3,(H,17,18)/p-1. The molecule has 1 heterocycles. The van der Waals surface area contributed by atoms with Crippen molar-refractivity contribution in [2.24, 2.45) is 5.92 Å². The minimum absolute atomic E-state index is 0.152. The summed E-state index contributed by atoms with van der Waals surface area (Å²) in [5.74, 6) is -0.534. The van der Waals surface area contributed by atoms with Crippen LogP contribution in [0.2, 0.25) is 0 Å². The summed E-state index contributed by atoms with van der Waals surface area (Å²) in [6, 6.07) is 8.65. The number of nitrogens with zero attached hydrogens (tertiary/aromatic N) is 1. The molecule has 102 valence electrons. The second-order valence-corrected chi connectivity index (χ2v) is 4.55. The van der Waals surface area contributed by atoms with Crippen LogP contribution in [0, 0.1) is 5.92 Å². The van der Waals surface area contributed by atoms with E-state index in [0.717, 1.165) is 5.56 Å². The van der Waals surface area contributed by atoms with Gasteiger partial charge in [-0.2, -0.15) is 0 Å². The summed E-state index contributed by atoms with van der Waals surface area (Å²) in [4.78, 5) is 27.8. The number of hydrogen-bond donors (Lipinski definition) is 1. The largest absolute Gasteiger partial charge is 0.530 e. The third kappa shape index (κ3) is 3.23. The van der Waals surface area contributed by atoms with Crippen molar-refractivity contribution in [2.75, 3.05) is 6.54 Å². The number of rotatable bonds is 4. The Hall–Kier alpha value is -2.08. The molecular formula is C13H15N2O4-. The number of nitrogens with one attached hydrogen (secondary N) is 1. The van der Waals surface area contributed by atoms with Gasteiger partial charge in [-0.05, 0) is 5.56 Å². The van der Waals surface area contributed by atoms with Crippen molar-refractivity contribution in [3.05, 3.63) is 35.9 Å². The van der Waals surface area contributed by atoms with Crippen LogP contribution in [-0.2, 0) is 16.2 Å². The number of hydrogen-bond acceptors (Lipinski definition) is 4. The van der Waals surface area contributed by atoms with Crippen LogP contribution in [0.15, 0.2) is 30.3 Å². The highest BCUT2D eigenvalue weighted by Gasteiger charge is 2.38. The Morgan fingerprint density at radius 3 is 2.79 bits per heavy atom. The number of hydroxylamine groups is 2. The predicted molar refractivity (Wildman–Crippen MR) is 64.4 cm³/mol. The van der Waals surface area contributed by atoms with E-state index in [1.54, 1.807) is 6.92 Å². The van der Waals surface area contributed by atoms with E-state index in [2.05, 4.69) is 5.32 Å². The minimum atomic E-state index is -1.45. The third-order valence-electron chi connectivity index (χ3n) is 3.04. The molecule has 0 aliphatic carbocycles. The van der Waals surface area contributed by atoms with Gasteiger partial charge < -0.3 is 15.2 Å². The monoisotopic (exact) mass is 263 g/mol. The fourth-order valence-corrected chi connectivity index (χ4v) is 2.03. The summed E-state index contributed by atoms with van der Waals surface area (Å²) in [7, 11) is 0. The SMILES string of the molecule is CC1CN(OCc2ccccc2)C(=O)C1NC(=O)[O-]. The first-order valence-corrected chi connectivity index (χ1v) is 6.03. The lowest BCUT2D eigenvalue weighted by molar-refractivity contribution is -0.252. The molecule has 0 saturated carbocycles. The first kappa shape index (κ1) is 13.4. The van der Waals surface area contributed by atoms with Gasteiger partial charge in [0.1, 0.15) is 18.7 Å². The molecule has 2 atom stereocenters. The van der Waals surface area contributed by atoms with Crippen molar-refractivity contribution in [3.8, 4) is 0 Å². The fraction of sp³-hybridized carbons (Fsp3) is 0.385. The van der Waals surface area contributed by atoms with Gasteiger partial charge in [0.25, 0.3) is 5.91 Å². The molecule has 0 aromatic heterocycles. The average Bonchev–Trinajstić information content (AvgIpc) is 2.65. The molecule has 19 heavy (non-hydrogen) atoms. The average molecular weight is 263 g/mol. The number of amides is 2. The second-order valence-electron chi connectivity index (χ2n) is 4.55. The van der Waals surface area contributed by atoms with Crippen LogP contribution in [0.3, 0.4) is 0 Å². The van der Waals surface area contributed by atoms with Crippen LogP contribution < -0.4 is 10.4 Å². The van der Waals surface area contributed by atoms with Crippen molar-refractivity contribution < 1.29 is 19.5 Å². The Morgan fingerprint density at radius 2 is 2.16 bits per heavy atom. The Labute approximate surface area is 110 Å². The van der Waals surface area contributed by atoms with Gasteiger partial charge >= 0.3 is 0 Å². The zero-order chi connectivity index (χ0) is 13.8. The van der Waals surface area contributed by atoms with Crippen molar-refractivity contribution in [3.63, 3.8) is 0 Å². The van der Waals surface area contributed by atoms with Crippen molar-refractivity contribution in [2.45, 2.75) is 19.6 Å². The zero-order valence-corrected chi connectivity index (χ0v) is 10.5. The molecule has 0 bridgehead atoms. The van der Waals surface area contributed by atoms with Crippen LogP contribution in [0.4, 0.5) is 4.79 Å². The van der Waals surface area contributed by atoms with Gasteiger partial charge in [0.2, 0.25) is 0 Å². The normalized spacial score (nSPS) is 22.6. The van der Waals surface area contributed by atoms with Crippen LogP contribution in [0.1, 0.15) is 12.5 Å². The molecule has 6 heteroatoms. The van der Waals surface area contributed by atoms with Gasteiger partial charge in [0, 0.05) is 5.92 Å². The molecule has 1 N–H and O–H groups in total. The predicted octanol–water partition coefficient (Wildman–Crippen LogP) is -0.102. The topological polar surface area (TPSA) is 81.7 Å². The number of carbonyl (C=O) groups excluding carboxylic acids is 2. The summed E-state index contributed by atoms with van der Waals surface area (Å²) < 4.78 is 0. The molecule has 0 spiro atoms. The minimum Gasteiger partial charge on any atom is -0.530 e. The molecule has 2 rings (SSSR count). The maximum Gasteiger partial charge on any atom is 0.268 e. The Kier molecular flexibility index (Phi) is 4.01. The number of benzene rings is 1. The maximum absolute atomic E-state index is 11.9. The smallest absolute Gasteiger partial charge is 0.268 e. The van der Waals surface area contributed by atoms with E-state index >= 15 is 0 Å². The van der Waals surface area contributed by atoms with E-state index in [0.29, 0.717) is 6.54 Å². The van der Waals surface area contributed by atoms with E-state index in [1.165, 1.54) is 5.06 Å². The van der Waals surface area contributed by atoms with Gasteiger partial charge in [-0.25, -0.2) is 5.06 Å². The first-order chi connectivity index (χ1) is 9.08. The number of carboxylic acid groups (broad SMARTS) is 1. The lowest BCUT2D eigenvalue weighted by atomic mass is 10.1. The summed E-state index contributed by atoms with van der Waals surface area (Å²) in [6.07, 6.45) is -1.45. The van der Waals surface area contributed by atoms with E-state index < -0.39 is 12.1 Å². The van der Waals surface area contributed by atoms with E-state index in [9.17, 15) is 14.7 Å². The Balaban J connectivity index is 1.92. The highest BCUT2D eigenvalue weighted by Crippen LogP contribution is 2.19. The fourth-order valence-electron chi connectivity index (χ4n) is 2.03. The van der Waals surface area contributed by atoms with E-state index in [-0.39, 0.29) is 18.4 Å². The molecule has 0 radical (unpaired) electrons. The van der Waals surface area contributed by atoms with Crippen molar-refractivity contribution in [1.29, 1.82) is 0 Å².